The van der Waals surface area contributed by atoms with E-state index in [0.717, 1.165) is 0 Å². The fraction of sp³-hybridized carbons (Fsp3) is 0.235. The van der Waals surface area contributed by atoms with Crippen molar-refractivity contribution >= 4 is 41.1 Å². The molecule has 0 bridgehead atoms. The lowest BCUT2D eigenvalue weighted by atomic mass is 10.2. The standard InChI is InChI=1S/C17H11Cl2F5N2O2S/c18-7-1-2-10(9(19)3-7)28-6-11(27)25-8-4-26(5-8)29-17-15(23)13(21)12(20)14(22)16(17)24/h1-3,8H,4-6H2,(H,25,27). The number of nitrogens with one attached hydrogen (secondary N) is 1. The van der Waals surface area contributed by atoms with Gasteiger partial charge in [0, 0.05) is 18.1 Å². The third-order valence-corrected chi connectivity index (χ3v) is 5.48. The predicted molar refractivity (Wildman–Crippen MR) is 97.5 cm³/mol. The van der Waals surface area contributed by atoms with Crippen LogP contribution >= 0.6 is 35.1 Å². The van der Waals surface area contributed by atoms with Crippen LogP contribution in [0.4, 0.5) is 22.0 Å². The molecule has 0 aliphatic carbocycles. The Morgan fingerprint density at radius 3 is 2.24 bits per heavy atom. The molecule has 1 aliphatic rings. The van der Waals surface area contributed by atoms with Crippen LogP contribution in [0.15, 0.2) is 23.1 Å². The molecule has 1 saturated heterocycles. The van der Waals surface area contributed by atoms with Gasteiger partial charge in [-0.3, -0.25) is 4.79 Å². The van der Waals surface area contributed by atoms with Gasteiger partial charge < -0.3 is 10.1 Å². The Labute approximate surface area is 176 Å². The zero-order valence-electron chi connectivity index (χ0n) is 14.2. The molecule has 2 aromatic carbocycles. The third-order valence-electron chi connectivity index (χ3n) is 3.86. The lowest BCUT2D eigenvalue weighted by molar-refractivity contribution is -0.124. The van der Waals surface area contributed by atoms with E-state index in [4.69, 9.17) is 27.9 Å². The van der Waals surface area contributed by atoms with Crippen molar-refractivity contribution in [3.8, 4) is 5.75 Å². The van der Waals surface area contributed by atoms with Crippen molar-refractivity contribution in [1.29, 1.82) is 0 Å². The zero-order valence-corrected chi connectivity index (χ0v) is 16.6. The van der Waals surface area contributed by atoms with E-state index in [1.54, 1.807) is 6.07 Å². The van der Waals surface area contributed by atoms with Gasteiger partial charge >= 0.3 is 0 Å². The van der Waals surface area contributed by atoms with Crippen molar-refractivity contribution in [3.63, 3.8) is 0 Å². The summed E-state index contributed by atoms with van der Waals surface area (Å²) in [7, 11) is 0. The summed E-state index contributed by atoms with van der Waals surface area (Å²) in [5.74, 6) is -10.2. The molecular weight excluding hydrogens is 462 g/mol. The molecule has 3 rings (SSSR count). The summed E-state index contributed by atoms with van der Waals surface area (Å²) >= 11 is 12.1. The predicted octanol–water partition coefficient (Wildman–Crippen LogP) is 4.58. The van der Waals surface area contributed by atoms with Crippen LogP contribution in [-0.2, 0) is 4.79 Å². The maximum atomic E-state index is 13.7. The molecule has 2 aromatic rings. The second kappa shape index (κ2) is 8.95. The largest absolute Gasteiger partial charge is 0.482 e. The molecule has 156 valence electrons. The van der Waals surface area contributed by atoms with E-state index in [1.807, 2.05) is 0 Å². The number of carbonyl (C=O) groups is 1. The summed E-state index contributed by atoms with van der Waals surface area (Å²) in [6.45, 7) is -0.0577. The smallest absolute Gasteiger partial charge is 0.258 e. The van der Waals surface area contributed by atoms with Crippen LogP contribution < -0.4 is 10.1 Å². The van der Waals surface area contributed by atoms with Gasteiger partial charge in [-0.1, -0.05) is 23.2 Å². The van der Waals surface area contributed by atoms with Gasteiger partial charge in [0.25, 0.3) is 5.91 Å². The Balaban J connectivity index is 1.49. The first kappa shape index (κ1) is 21.9. The van der Waals surface area contributed by atoms with Crippen LogP contribution in [0, 0.1) is 29.1 Å². The molecule has 29 heavy (non-hydrogen) atoms. The van der Waals surface area contributed by atoms with E-state index in [2.05, 4.69) is 5.32 Å². The van der Waals surface area contributed by atoms with E-state index in [1.165, 1.54) is 16.4 Å². The number of carbonyl (C=O) groups excluding carboxylic acids is 1. The molecule has 1 N–H and O–H groups in total. The number of amides is 1. The molecule has 0 unspecified atom stereocenters. The van der Waals surface area contributed by atoms with E-state index in [9.17, 15) is 26.7 Å². The number of halogens is 7. The second-order valence-corrected chi connectivity index (χ2v) is 7.92. The van der Waals surface area contributed by atoms with Crippen LogP contribution in [0.3, 0.4) is 0 Å². The van der Waals surface area contributed by atoms with Crippen molar-refractivity contribution in [1.82, 2.24) is 9.62 Å². The summed E-state index contributed by atoms with van der Waals surface area (Å²) in [5, 5.41) is 3.26. The van der Waals surface area contributed by atoms with Crippen LogP contribution in [0.1, 0.15) is 0 Å². The molecule has 1 heterocycles. The second-order valence-electron chi connectivity index (χ2n) is 5.97. The molecule has 0 radical (unpaired) electrons. The monoisotopic (exact) mass is 472 g/mol. The summed E-state index contributed by atoms with van der Waals surface area (Å²) in [6, 6.07) is 4.13. The van der Waals surface area contributed by atoms with E-state index in [-0.39, 0.29) is 36.5 Å². The van der Waals surface area contributed by atoms with E-state index in [0.29, 0.717) is 17.0 Å². The topological polar surface area (TPSA) is 41.6 Å². The minimum atomic E-state index is -2.21. The molecule has 0 spiro atoms. The van der Waals surface area contributed by atoms with Gasteiger partial charge in [-0.15, -0.1) is 0 Å². The number of ether oxygens (including phenoxy) is 1. The van der Waals surface area contributed by atoms with Crippen LogP contribution in [0.5, 0.6) is 5.75 Å². The summed E-state index contributed by atoms with van der Waals surface area (Å²) < 4.78 is 73.5. The molecule has 0 atom stereocenters. The van der Waals surface area contributed by atoms with Crippen molar-refractivity contribution < 1.29 is 31.5 Å². The summed E-state index contributed by atoms with van der Waals surface area (Å²) in [5.41, 5.74) is 0. The molecule has 1 fully saturated rings. The van der Waals surface area contributed by atoms with Gasteiger partial charge in [0.1, 0.15) is 10.6 Å². The van der Waals surface area contributed by atoms with Crippen LogP contribution in [0.2, 0.25) is 10.0 Å². The van der Waals surface area contributed by atoms with Crippen molar-refractivity contribution in [2.75, 3.05) is 19.7 Å². The Hall–Kier alpha value is -1.75. The molecule has 4 nitrogen and oxygen atoms in total. The molecule has 0 saturated carbocycles. The first-order valence-electron chi connectivity index (χ1n) is 7.99. The van der Waals surface area contributed by atoms with Crippen molar-refractivity contribution in [2.24, 2.45) is 0 Å². The van der Waals surface area contributed by atoms with Crippen LogP contribution in [0.25, 0.3) is 0 Å². The van der Waals surface area contributed by atoms with Crippen LogP contribution in [-0.4, -0.2) is 36.0 Å². The average Bonchev–Trinajstić information content (AvgIpc) is 2.65. The maximum absolute atomic E-state index is 13.7. The number of benzene rings is 2. The fourth-order valence-corrected chi connectivity index (χ4v) is 3.97. The van der Waals surface area contributed by atoms with Crippen molar-refractivity contribution in [3.05, 3.63) is 57.3 Å². The Morgan fingerprint density at radius 1 is 1.07 bits per heavy atom. The van der Waals surface area contributed by atoms with Crippen molar-refractivity contribution in [2.45, 2.75) is 10.9 Å². The first-order valence-corrected chi connectivity index (χ1v) is 9.52. The first-order chi connectivity index (χ1) is 13.7. The lowest BCUT2D eigenvalue weighted by Gasteiger charge is -2.38. The highest BCUT2D eigenvalue weighted by Crippen LogP contribution is 2.35. The quantitative estimate of drug-likeness (QED) is 0.289. The highest BCUT2D eigenvalue weighted by Gasteiger charge is 2.33. The molecule has 12 heteroatoms. The third kappa shape index (κ3) is 4.88. The number of hydrogen-bond acceptors (Lipinski definition) is 4. The number of rotatable bonds is 6. The molecular formula is C17H11Cl2F5N2O2S. The normalized spacial score (nSPS) is 14.6. The summed E-state index contributed by atoms with van der Waals surface area (Å²) in [6.07, 6.45) is 0. The Morgan fingerprint density at radius 2 is 1.66 bits per heavy atom. The van der Waals surface area contributed by atoms with Gasteiger partial charge in [0.2, 0.25) is 5.82 Å². The fourth-order valence-electron chi connectivity index (χ4n) is 2.40. The van der Waals surface area contributed by atoms with Gasteiger partial charge in [0.05, 0.1) is 11.1 Å². The number of hydrogen-bond donors (Lipinski definition) is 1. The summed E-state index contributed by atoms with van der Waals surface area (Å²) in [4.78, 5) is 10.9. The Kier molecular flexibility index (Phi) is 6.77. The van der Waals surface area contributed by atoms with Gasteiger partial charge in [-0.2, -0.15) is 0 Å². The minimum Gasteiger partial charge on any atom is -0.482 e. The highest BCUT2D eigenvalue weighted by atomic mass is 35.5. The number of nitrogens with zero attached hydrogens (tertiary/aromatic N) is 1. The highest BCUT2D eigenvalue weighted by molar-refractivity contribution is 7.97. The van der Waals surface area contributed by atoms with Gasteiger partial charge in [-0.05, 0) is 30.1 Å². The average molecular weight is 473 g/mol. The van der Waals surface area contributed by atoms with E-state index >= 15 is 0 Å². The van der Waals surface area contributed by atoms with Gasteiger partial charge in [-0.25, -0.2) is 26.3 Å². The molecule has 1 aliphatic heterocycles. The van der Waals surface area contributed by atoms with E-state index < -0.39 is 39.9 Å². The molecule has 1 amide bonds. The SMILES string of the molecule is O=C(COc1ccc(Cl)cc1Cl)NC1CN(Sc2c(F)c(F)c(F)c(F)c2F)C1. The Bertz CT molecular complexity index is 931. The maximum Gasteiger partial charge on any atom is 0.258 e. The minimum absolute atomic E-state index is 0.137. The van der Waals surface area contributed by atoms with Gasteiger partial charge in [0.15, 0.2) is 29.9 Å². The lowest BCUT2D eigenvalue weighted by Crippen LogP contribution is -2.57. The molecule has 0 aromatic heterocycles. The zero-order chi connectivity index (χ0) is 21.3.